The van der Waals surface area contributed by atoms with Crippen molar-refractivity contribution in [1.82, 2.24) is 25.9 Å². The molecule has 1 aliphatic carbocycles. The lowest BCUT2D eigenvalue weighted by Crippen LogP contribution is -2.58. The molecule has 0 spiro atoms. The first kappa shape index (κ1) is 37.5. The number of nitrogens with one attached hydrogen (secondary N) is 3. The maximum absolute atomic E-state index is 14.4. The molecule has 5 atom stereocenters. The minimum absolute atomic E-state index is 0.00618. The van der Waals surface area contributed by atoms with E-state index in [4.69, 9.17) is 14.3 Å². The Bertz CT molecular complexity index is 1780. The first-order valence-electron chi connectivity index (χ1n) is 18.0. The predicted octanol–water partition coefficient (Wildman–Crippen LogP) is 4.79. The number of fused-ring (bicyclic) bond motifs is 3. The number of nitrogens with zero attached hydrogens (tertiary/aromatic N) is 2. The molecule has 6 rings (SSSR count). The molecule has 53 heavy (non-hydrogen) atoms. The molecule has 2 aromatic carbocycles. The van der Waals surface area contributed by atoms with Gasteiger partial charge in [-0.3, -0.25) is 19.3 Å². The molecule has 2 fully saturated rings. The smallest absolute Gasteiger partial charge is 0.410 e. The number of amides is 5. The highest BCUT2D eigenvalue weighted by Gasteiger charge is 2.61. The number of alkyl carbamates (subject to hydrolysis) is 1. The average Bonchev–Trinajstić information content (AvgIpc) is 3.39. The molecule has 3 aliphatic heterocycles. The van der Waals surface area contributed by atoms with Crippen LogP contribution in [0.4, 0.5) is 18.4 Å². The minimum Gasteiger partial charge on any atom is -0.444 e. The van der Waals surface area contributed by atoms with Crippen LogP contribution in [0.15, 0.2) is 54.6 Å². The molecule has 15 heteroatoms. The number of benzene rings is 2. The van der Waals surface area contributed by atoms with Crippen LogP contribution in [0.2, 0.25) is 0 Å². The second-order valence-corrected chi connectivity index (χ2v) is 15.0. The maximum atomic E-state index is 14.4. The lowest BCUT2D eigenvalue weighted by molar-refractivity contribution is -0.142. The van der Waals surface area contributed by atoms with Gasteiger partial charge in [0.05, 0.1) is 13.1 Å². The van der Waals surface area contributed by atoms with E-state index in [0.29, 0.717) is 24.0 Å². The summed E-state index contributed by atoms with van der Waals surface area (Å²) in [4.78, 5) is 76.4. The lowest BCUT2D eigenvalue weighted by atomic mass is 10.0. The van der Waals surface area contributed by atoms with Gasteiger partial charge in [0.1, 0.15) is 41.0 Å². The number of carbonyl (C=O) groups excluding carboxylic acids is 5. The molecule has 3 heterocycles. The molecule has 5 amide bonds. The van der Waals surface area contributed by atoms with Crippen molar-refractivity contribution in [1.29, 1.82) is 0 Å². The van der Waals surface area contributed by atoms with Gasteiger partial charge in [0, 0.05) is 30.5 Å². The van der Waals surface area contributed by atoms with Gasteiger partial charge in [0.2, 0.25) is 11.8 Å². The fourth-order valence-electron chi connectivity index (χ4n) is 7.07. The molecule has 2 aromatic rings. The van der Waals surface area contributed by atoms with Gasteiger partial charge in [-0.15, -0.1) is 0 Å². The van der Waals surface area contributed by atoms with Crippen molar-refractivity contribution >= 4 is 29.9 Å². The number of ether oxygens (including phenoxy) is 2. The van der Waals surface area contributed by atoms with Crippen LogP contribution in [0, 0.1) is 17.6 Å². The van der Waals surface area contributed by atoms with Crippen LogP contribution in [-0.2, 0) is 36.9 Å². The summed E-state index contributed by atoms with van der Waals surface area (Å²) < 4.78 is 39.5. The van der Waals surface area contributed by atoms with Gasteiger partial charge in [0.15, 0.2) is 5.75 Å². The average molecular weight is 738 g/mol. The first-order chi connectivity index (χ1) is 25.2. The van der Waals surface area contributed by atoms with Gasteiger partial charge in [-0.1, -0.05) is 43.2 Å². The van der Waals surface area contributed by atoms with Gasteiger partial charge < -0.3 is 29.8 Å². The highest BCUT2D eigenvalue weighted by atomic mass is 19.1. The molecule has 1 saturated carbocycles. The largest absolute Gasteiger partial charge is 0.444 e. The molecule has 13 nitrogen and oxygen atoms in total. The highest BCUT2D eigenvalue weighted by Crippen LogP contribution is 2.45. The number of hydroxylamine groups is 1. The van der Waals surface area contributed by atoms with Crippen LogP contribution < -0.4 is 21.0 Å². The third-order valence-electron chi connectivity index (χ3n) is 9.85. The van der Waals surface area contributed by atoms with E-state index < -0.39 is 76.8 Å². The normalized spacial score (nSPS) is 25.8. The Morgan fingerprint density at radius 1 is 1.02 bits per heavy atom. The Hall–Kier alpha value is -5.21. The standard InChI is InChI=1S/C38H45F2N5O8/c1-37(2,3)52-35(49)41-30-16-8-6-4-5-7-12-24-19-38(24,34(48)43-53-26-14-10-13-25(39)17-26)42-32(46)31-18-27(21-45(31)33(30)47)51-36(50)44-20-23-11-9-15-29(40)28(23)22-44/h7,9-15,17,24,27,30-31H,4-6,8,16,18-22H2,1-3H3,(H,41,49)(H,42,46)(H,43,48)/t24-,27-,30+,31+,38-/m1/s1. The fourth-order valence-corrected chi connectivity index (χ4v) is 7.07. The highest BCUT2D eigenvalue weighted by molar-refractivity contribution is 5.98. The Balaban J connectivity index is 1.24. The lowest BCUT2D eigenvalue weighted by Gasteiger charge is -2.30. The second-order valence-electron chi connectivity index (χ2n) is 15.0. The summed E-state index contributed by atoms with van der Waals surface area (Å²) in [6.45, 7) is 5.07. The summed E-state index contributed by atoms with van der Waals surface area (Å²) >= 11 is 0. The third-order valence-corrected chi connectivity index (χ3v) is 9.85. The van der Waals surface area contributed by atoms with Gasteiger partial charge in [-0.2, -0.15) is 5.48 Å². The zero-order valence-corrected chi connectivity index (χ0v) is 30.0. The number of hydrogen-bond donors (Lipinski definition) is 3. The Morgan fingerprint density at radius 2 is 1.81 bits per heavy atom. The number of carbonyl (C=O) groups is 5. The van der Waals surface area contributed by atoms with E-state index in [2.05, 4.69) is 16.1 Å². The summed E-state index contributed by atoms with van der Waals surface area (Å²) in [6.07, 6.45) is 4.54. The molecular formula is C38H45F2N5O8. The van der Waals surface area contributed by atoms with Gasteiger partial charge in [0.25, 0.3) is 5.91 Å². The van der Waals surface area contributed by atoms with Crippen LogP contribution >= 0.6 is 0 Å². The van der Waals surface area contributed by atoms with E-state index in [1.165, 1.54) is 34.1 Å². The number of rotatable bonds is 5. The van der Waals surface area contributed by atoms with E-state index in [-0.39, 0.29) is 44.6 Å². The predicted molar refractivity (Wildman–Crippen MR) is 186 cm³/mol. The number of hydrogen-bond acceptors (Lipinski definition) is 8. The molecule has 0 radical (unpaired) electrons. The van der Waals surface area contributed by atoms with E-state index in [0.717, 1.165) is 18.9 Å². The van der Waals surface area contributed by atoms with Crippen molar-refractivity contribution in [2.24, 2.45) is 5.92 Å². The molecular weight excluding hydrogens is 692 g/mol. The molecule has 0 bridgehead atoms. The monoisotopic (exact) mass is 737 g/mol. The quantitative estimate of drug-likeness (QED) is 0.293. The molecule has 1 saturated heterocycles. The Morgan fingerprint density at radius 3 is 2.57 bits per heavy atom. The van der Waals surface area contributed by atoms with E-state index in [1.54, 1.807) is 32.9 Å². The Labute approximate surface area is 306 Å². The van der Waals surface area contributed by atoms with Crippen LogP contribution in [0.1, 0.15) is 76.8 Å². The SMILES string of the molecule is CC(C)(C)OC(=O)N[C@H]1CCCCCC=C[C@@H]2C[C@@]2(C(=O)NOc2cccc(F)c2)NC(=O)[C@@H]2C[C@@H](OC(=O)N3Cc4cccc(F)c4C3)CN2C1=O. The molecule has 0 unspecified atom stereocenters. The maximum Gasteiger partial charge on any atom is 0.410 e. The number of halogens is 2. The summed E-state index contributed by atoms with van der Waals surface area (Å²) in [6, 6.07) is 7.58. The van der Waals surface area contributed by atoms with Crippen LogP contribution in [0.3, 0.4) is 0 Å². The second kappa shape index (κ2) is 15.4. The van der Waals surface area contributed by atoms with Gasteiger partial charge in [-0.05, 0) is 70.2 Å². The molecule has 0 aromatic heterocycles. The fraction of sp³-hybridized carbons (Fsp3) is 0.500. The van der Waals surface area contributed by atoms with E-state index in [1.807, 2.05) is 12.2 Å². The van der Waals surface area contributed by atoms with Crippen molar-refractivity contribution in [2.45, 2.75) is 108 Å². The summed E-state index contributed by atoms with van der Waals surface area (Å²) in [7, 11) is 0. The zero-order chi connectivity index (χ0) is 37.9. The van der Waals surface area contributed by atoms with Gasteiger partial charge >= 0.3 is 12.2 Å². The summed E-state index contributed by atoms with van der Waals surface area (Å²) in [5.74, 6) is -3.25. The summed E-state index contributed by atoms with van der Waals surface area (Å²) in [5.41, 5.74) is 1.12. The van der Waals surface area contributed by atoms with Crippen molar-refractivity contribution in [2.75, 3.05) is 6.54 Å². The molecule has 4 aliphatic rings. The van der Waals surface area contributed by atoms with Crippen molar-refractivity contribution in [3.8, 4) is 5.75 Å². The van der Waals surface area contributed by atoms with Crippen molar-refractivity contribution in [3.63, 3.8) is 0 Å². The van der Waals surface area contributed by atoms with E-state index in [9.17, 15) is 32.8 Å². The topological polar surface area (TPSA) is 156 Å². The number of allylic oxidation sites excluding steroid dienone is 1. The van der Waals surface area contributed by atoms with E-state index >= 15 is 0 Å². The van der Waals surface area contributed by atoms with Crippen LogP contribution in [0.25, 0.3) is 0 Å². The molecule has 284 valence electrons. The third kappa shape index (κ3) is 8.88. The zero-order valence-electron chi connectivity index (χ0n) is 30.0. The first-order valence-corrected chi connectivity index (χ1v) is 18.0. The van der Waals surface area contributed by atoms with Crippen LogP contribution in [0.5, 0.6) is 5.75 Å². The van der Waals surface area contributed by atoms with Crippen molar-refractivity contribution < 1.29 is 47.1 Å². The molecule has 3 N–H and O–H groups in total. The Kier molecular flexibility index (Phi) is 10.9. The van der Waals surface area contributed by atoms with Crippen LogP contribution in [-0.4, -0.2) is 75.6 Å². The minimum atomic E-state index is -1.44. The van der Waals surface area contributed by atoms with Crippen molar-refractivity contribution in [3.05, 3.63) is 77.4 Å². The van der Waals surface area contributed by atoms with Gasteiger partial charge in [-0.25, -0.2) is 18.4 Å². The summed E-state index contributed by atoms with van der Waals surface area (Å²) in [5, 5.41) is 5.54.